The van der Waals surface area contributed by atoms with Gasteiger partial charge in [0.2, 0.25) is 0 Å². The van der Waals surface area contributed by atoms with Crippen LogP contribution in [0.2, 0.25) is 0 Å². The van der Waals surface area contributed by atoms with Crippen molar-refractivity contribution in [3.8, 4) is 0 Å². The van der Waals surface area contributed by atoms with E-state index in [1.807, 2.05) is 19.1 Å². The summed E-state index contributed by atoms with van der Waals surface area (Å²) in [5.74, 6) is 0.434. The van der Waals surface area contributed by atoms with Gasteiger partial charge in [0, 0.05) is 25.0 Å². The van der Waals surface area contributed by atoms with Crippen molar-refractivity contribution < 1.29 is 4.79 Å². The molecule has 1 atom stereocenters. The molecule has 0 spiro atoms. The molecule has 0 aliphatic carbocycles. The maximum atomic E-state index is 11.5. The van der Waals surface area contributed by atoms with Crippen molar-refractivity contribution in [2.24, 2.45) is 5.92 Å². The third-order valence-corrected chi connectivity index (χ3v) is 2.53. The molecule has 2 amide bonds. The van der Waals surface area contributed by atoms with Gasteiger partial charge in [-0.05, 0) is 24.5 Å². The van der Waals surface area contributed by atoms with Crippen LogP contribution >= 0.6 is 0 Å². The Morgan fingerprint density at radius 3 is 2.75 bits per heavy atom. The van der Waals surface area contributed by atoms with Gasteiger partial charge in [-0.2, -0.15) is 0 Å². The van der Waals surface area contributed by atoms with E-state index >= 15 is 0 Å². The Morgan fingerprint density at radius 2 is 2.19 bits per heavy atom. The van der Waals surface area contributed by atoms with Crippen LogP contribution in [0.15, 0.2) is 24.5 Å². The van der Waals surface area contributed by atoms with Gasteiger partial charge in [0.15, 0.2) is 0 Å². The summed E-state index contributed by atoms with van der Waals surface area (Å²) in [5.41, 5.74) is 0.995. The largest absolute Gasteiger partial charge is 0.335 e. The molecule has 1 rings (SSSR count). The molecule has 0 fully saturated rings. The number of aromatic nitrogens is 1. The minimum absolute atomic E-state index is 0.134. The first-order valence-electron chi connectivity index (χ1n) is 5.53. The minimum atomic E-state index is -0.134. The summed E-state index contributed by atoms with van der Waals surface area (Å²) in [6.45, 7) is 6.65. The minimum Gasteiger partial charge on any atom is -0.335 e. The number of pyridine rings is 1. The SMILES string of the molecule is CC(C)C(C)NC(=O)NCc1cccnc1. The summed E-state index contributed by atoms with van der Waals surface area (Å²) in [7, 11) is 0. The summed E-state index contributed by atoms with van der Waals surface area (Å²) >= 11 is 0. The van der Waals surface area contributed by atoms with E-state index in [0.29, 0.717) is 12.5 Å². The Labute approximate surface area is 96.5 Å². The van der Waals surface area contributed by atoms with E-state index < -0.39 is 0 Å². The van der Waals surface area contributed by atoms with Crippen LogP contribution in [0.3, 0.4) is 0 Å². The average Bonchev–Trinajstić information content (AvgIpc) is 2.27. The Balaban J connectivity index is 2.31. The molecule has 4 heteroatoms. The number of amides is 2. The lowest BCUT2D eigenvalue weighted by atomic mass is 10.1. The summed E-state index contributed by atoms with van der Waals surface area (Å²) in [5, 5.41) is 5.67. The van der Waals surface area contributed by atoms with Crippen molar-refractivity contribution in [3.05, 3.63) is 30.1 Å². The normalized spacial score (nSPS) is 12.2. The average molecular weight is 221 g/mol. The predicted molar refractivity (Wildman–Crippen MR) is 63.9 cm³/mol. The highest BCUT2D eigenvalue weighted by Gasteiger charge is 2.09. The molecule has 0 aliphatic rings. The van der Waals surface area contributed by atoms with E-state index in [1.54, 1.807) is 12.4 Å². The Hall–Kier alpha value is -1.58. The standard InChI is InChI=1S/C12H19N3O/c1-9(2)10(3)15-12(16)14-8-11-5-4-6-13-7-11/h4-7,9-10H,8H2,1-3H3,(H2,14,15,16). The van der Waals surface area contributed by atoms with Crippen molar-refractivity contribution in [2.75, 3.05) is 0 Å². The van der Waals surface area contributed by atoms with E-state index in [0.717, 1.165) is 5.56 Å². The predicted octanol–water partition coefficient (Wildman–Crippen LogP) is 1.93. The van der Waals surface area contributed by atoms with E-state index in [-0.39, 0.29) is 12.1 Å². The number of hydrogen-bond acceptors (Lipinski definition) is 2. The first-order chi connectivity index (χ1) is 7.59. The summed E-state index contributed by atoms with van der Waals surface area (Å²) in [6.07, 6.45) is 3.45. The molecule has 0 aliphatic heterocycles. The van der Waals surface area contributed by atoms with Gasteiger partial charge in [-0.1, -0.05) is 19.9 Å². The molecule has 1 aromatic rings. The van der Waals surface area contributed by atoms with Gasteiger partial charge in [0.25, 0.3) is 0 Å². The second-order valence-electron chi connectivity index (χ2n) is 4.22. The van der Waals surface area contributed by atoms with Crippen molar-refractivity contribution in [1.29, 1.82) is 0 Å². The van der Waals surface area contributed by atoms with Crippen molar-refractivity contribution in [3.63, 3.8) is 0 Å². The number of hydrogen-bond donors (Lipinski definition) is 2. The van der Waals surface area contributed by atoms with Crippen LogP contribution < -0.4 is 10.6 Å². The van der Waals surface area contributed by atoms with Gasteiger partial charge in [-0.25, -0.2) is 4.79 Å². The highest BCUT2D eigenvalue weighted by Crippen LogP contribution is 1.99. The molecular formula is C12H19N3O. The fourth-order valence-corrected chi connectivity index (χ4v) is 1.11. The number of carbonyl (C=O) groups excluding carboxylic acids is 1. The third kappa shape index (κ3) is 4.29. The summed E-state index contributed by atoms with van der Waals surface area (Å²) < 4.78 is 0. The van der Waals surface area contributed by atoms with E-state index in [2.05, 4.69) is 29.5 Å². The van der Waals surface area contributed by atoms with Gasteiger partial charge in [-0.3, -0.25) is 4.98 Å². The Morgan fingerprint density at radius 1 is 1.44 bits per heavy atom. The highest BCUT2D eigenvalue weighted by atomic mass is 16.2. The van der Waals surface area contributed by atoms with Crippen LogP contribution in [0.25, 0.3) is 0 Å². The number of urea groups is 1. The molecular weight excluding hydrogens is 202 g/mol. The lowest BCUT2D eigenvalue weighted by molar-refractivity contribution is 0.234. The third-order valence-electron chi connectivity index (χ3n) is 2.53. The van der Waals surface area contributed by atoms with Gasteiger partial charge < -0.3 is 10.6 Å². The number of carbonyl (C=O) groups is 1. The fourth-order valence-electron chi connectivity index (χ4n) is 1.11. The van der Waals surface area contributed by atoms with Gasteiger partial charge in [-0.15, -0.1) is 0 Å². The van der Waals surface area contributed by atoms with Crippen LogP contribution in [-0.4, -0.2) is 17.1 Å². The van der Waals surface area contributed by atoms with Crippen LogP contribution in [0.1, 0.15) is 26.3 Å². The van der Waals surface area contributed by atoms with Crippen molar-refractivity contribution in [1.82, 2.24) is 15.6 Å². The zero-order chi connectivity index (χ0) is 12.0. The molecule has 0 bridgehead atoms. The van der Waals surface area contributed by atoms with Crippen molar-refractivity contribution in [2.45, 2.75) is 33.4 Å². The molecule has 0 saturated carbocycles. The van der Waals surface area contributed by atoms with Crippen LogP contribution in [0.5, 0.6) is 0 Å². The topological polar surface area (TPSA) is 54.0 Å². The van der Waals surface area contributed by atoms with Gasteiger partial charge in [0.05, 0.1) is 0 Å². The van der Waals surface area contributed by atoms with Gasteiger partial charge in [0.1, 0.15) is 0 Å². The molecule has 4 nitrogen and oxygen atoms in total. The monoisotopic (exact) mass is 221 g/mol. The molecule has 1 heterocycles. The van der Waals surface area contributed by atoms with Crippen LogP contribution in [0.4, 0.5) is 4.79 Å². The first-order valence-corrected chi connectivity index (χ1v) is 5.53. The van der Waals surface area contributed by atoms with E-state index in [9.17, 15) is 4.79 Å². The summed E-state index contributed by atoms with van der Waals surface area (Å²) in [6, 6.07) is 3.82. The molecule has 0 radical (unpaired) electrons. The molecule has 1 unspecified atom stereocenters. The highest BCUT2D eigenvalue weighted by molar-refractivity contribution is 5.74. The van der Waals surface area contributed by atoms with Gasteiger partial charge >= 0.3 is 6.03 Å². The second-order valence-corrected chi connectivity index (χ2v) is 4.22. The number of rotatable bonds is 4. The second kappa shape index (κ2) is 6.10. The van der Waals surface area contributed by atoms with Crippen molar-refractivity contribution >= 4 is 6.03 Å². The molecule has 2 N–H and O–H groups in total. The van der Waals surface area contributed by atoms with Crippen LogP contribution in [-0.2, 0) is 6.54 Å². The maximum Gasteiger partial charge on any atom is 0.315 e. The summed E-state index contributed by atoms with van der Waals surface area (Å²) in [4.78, 5) is 15.5. The molecule has 1 aromatic heterocycles. The Bertz CT molecular complexity index is 324. The fraction of sp³-hybridized carbons (Fsp3) is 0.500. The smallest absolute Gasteiger partial charge is 0.315 e. The van der Waals surface area contributed by atoms with Crippen LogP contribution in [0, 0.1) is 5.92 Å². The number of nitrogens with one attached hydrogen (secondary N) is 2. The Kier molecular flexibility index (Phi) is 4.76. The molecule has 0 saturated heterocycles. The number of nitrogens with zero attached hydrogens (tertiary/aromatic N) is 1. The van der Waals surface area contributed by atoms with E-state index in [1.165, 1.54) is 0 Å². The van der Waals surface area contributed by atoms with E-state index in [4.69, 9.17) is 0 Å². The maximum absolute atomic E-state index is 11.5. The lowest BCUT2D eigenvalue weighted by Crippen LogP contribution is -2.42. The zero-order valence-corrected chi connectivity index (χ0v) is 10.0. The quantitative estimate of drug-likeness (QED) is 0.816. The molecule has 0 aromatic carbocycles. The first kappa shape index (κ1) is 12.5. The zero-order valence-electron chi connectivity index (χ0n) is 10.0. The molecule has 88 valence electrons. The lowest BCUT2D eigenvalue weighted by Gasteiger charge is -2.17. The molecule has 16 heavy (non-hydrogen) atoms.